The highest BCUT2D eigenvalue weighted by atomic mass is 35.5. The molecule has 0 saturated carbocycles. The molecule has 304 valence electrons. The molecule has 2 aliphatic heterocycles. The second kappa shape index (κ2) is 18.3. The zero-order chi connectivity index (χ0) is 42.1. The van der Waals surface area contributed by atoms with Crippen LogP contribution >= 0.6 is 11.6 Å². The smallest absolute Gasteiger partial charge is 0.368 e. The number of nitrogens with one attached hydrogen (secondary N) is 3. The molecule has 0 unspecified atom stereocenters. The minimum atomic E-state index is -5.77. The Kier molecular flexibility index (Phi) is 14.0. The number of carbonyl (C=O) groups is 4. The number of Topliss-reactive ketones (excluding diaryl/α,β-unsaturated/α-hetero) is 2. The summed E-state index contributed by atoms with van der Waals surface area (Å²) in [5.41, 5.74) is 5.29. The number of nitrogens with zero attached hydrogens (tertiary/aromatic N) is 5. The number of pyridine rings is 1. The maximum atomic E-state index is 13.3. The van der Waals surface area contributed by atoms with Crippen molar-refractivity contribution in [2.45, 2.75) is 31.4 Å². The first kappa shape index (κ1) is 43.7. The molecule has 2 aromatic carbocycles. The quantitative estimate of drug-likeness (QED) is 0.107. The van der Waals surface area contributed by atoms with Crippen molar-refractivity contribution in [3.8, 4) is 0 Å². The molecule has 12 nitrogen and oxygen atoms in total. The van der Waals surface area contributed by atoms with Gasteiger partial charge in [0.25, 0.3) is 0 Å². The fraction of sp³-hybridized carbons (Fsp3) is 0.265. The Hall–Kier alpha value is -6.06. The van der Waals surface area contributed by atoms with Gasteiger partial charge in [-0.3, -0.25) is 19.4 Å². The average Bonchev–Trinajstić information content (AvgIpc) is 3.15. The number of piperazine rings is 1. The number of ketones is 2. The molecule has 23 heteroatoms. The number of alkyl halides is 9. The molecule has 1 fully saturated rings. The predicted molar refractivity (Wildman–Crippen MR) is 185 cm³/mol. The third kappa shape index (κ3) is 13.0. The van der Waals surface area contributed by atoms with Gasteiger partial charge in [0, 0.05) is 49.4 Å². The van der Waals surface area contributed by atoms with Gasteiger partial charge in [0.2, 0.25) is 12.2 Å². The highest BCUT2D eigenvalue weighted by molar-refractivity contribution is 6.41. The van der Waals surface area contributed by atoms with Gasteiger partial charge in [0.05, 0.1) is 18.1 Å². The predicted octanol–water partition coefficient (Wildman–Crippen LogP) is 7.60. The lowest BCUT2D eigenvalue weighted by Gasteiger charge is -2.36. The van der Waals surface area contributed by atoms with Crippen LogP contribution in [0, 0.1) is 5.82 Å². The maximum Gasteiger partial charge on any atom is 0.458 e. The molecular weight excluding hydrogens is 810 g/mol. The van der Waals surface area contributed by atoms with Crippen LogP contribution < -0.4 is 20.9 Å². The van der Waals surface area contributed by atoms with E-state index < -0.39 is 36.4 Å². The van der Waals surface area contributed by atoms with Crippen molar-refractivity contribution in [1.29, 1.82) is 0 Å². The SMILES string of the molecule is O=C(C(=O)C(F)(F)F)C(F)(F)F.O=C(Nc1ccc2cc1CCc1cncc(c1)Nc1ncc(Cl)c(n1)N2)N1CCN(c2ccc(F)cc2)CC1.O=CC(F)(F)F. The van der Waals surface area contributed by atoms with Crippen LogP contribution in [-0.4, -0.2) is 88.4 Å². The van der Waals surface area contributed by atoms with Gasteiger partial charge in [-0.2, -0.15) is 44.5 Å². The number of hydrogen-bond acceptors (Lipinski definition) is 10. The second-order valence-electron chi connectivity index (χ2n) is 11.8. The van der Waals surface area contributed by atoms with Crippen molar-refractivity contribution in [2.24, 2.45) is 0 Å². The lowest BCUT2D eigenvalue weighted by molar-refractivity contribution is -0.193. The molecule has 4 aromatic rings. The molecular formula is C34H27ClF10N8O4. The van der Waals surface area contributed by atoms with Gasteiger partial charge in [-0.25, -0.2) is 14.2 Å². The second-order valence-corrected chi connectivity index (χ2v) is 12.2. The van der Waals surface area contributed by atoms with Crippen LogP contribution in [0.4, 0.5) is 83.2 Å². The van der Waals surface area contributed by atoms with Gasteiger partial charge < -0.3 is 25.8 Å². The van der Waals surface area contributed by atoms with E-state index >= 15 is 0 Å². The molecule has 0 atom stereocenters. The van der Waals surface area contributed by atoms with E-state index in [2.05, 4.69) is 35.8 Å². The molecule has 2 aliphatic rings. The summed E-state index contributed by atoms with van der Waals surface area (Å²) in [6.45, 7) is 2.48. The van der Waals surface area contributed by atoms with Crippen molar-refractivity contribution in [2.75, 3.05) is 47.0 Å². The van der Waals surface area contributed by atoms with Crippen LogP contribution in [0.2, 0.25) is 5.02 Å². The van der Waals surface area contributed by atoms with Crippen molar-refractivity contribution in [3.63, 3.8) is 0 Å². The van der Waals surface area contributed by atoms with E-state index in [4.69, 9.17) is 16.4 Å². The number of carbonyl (C=O) groups excluding carboxylic acids is 4. The van der Waals surface area contributed by atoms with E-state index in [9.17, 15) is 58.3 Å². The first-order valence-corrected chi connectivity index (χ1v) is 16.5. The van der Waals surface area contributed by atoms with E-state index in [1.165, 1.54) is 12.1 Å². The molecule has 3 N–H and O–H groups in total. The van der Waals surface area contributed by atoms with Crippen LogP contribution in [0.25, 0.3) is 0 Å². The summed E-state index contributed by atoms with van der Waals surface area (Å²) in [4.78, 5) is 58.3. The molecule has 6 rings (SSSR count). The van der Waals surface area contributed by atoms with Crippen LogP contribution in [-0.2, 0) is 27.2 Å². The number of hydrogen-bond donors (Lipinski definition) is 3. The number of fused-ring (bicyclic) bond motifs is 6. The summed E-state index contributed by atoms with van der Waals surface area (Å²) < 4.78 is 111. The zero-order valence-corrected chi connectivity index (χ0v) is 29.5. The molecule has 4 heterocycles. The molecule has 1 saturated heterocycles. The highest BCUT2D eigenvalue weighted by Gasteiger charge is 2.54. The van der Waals surface area contributed by atoms with Gasteiger partial charge in [-0.1, -0.05) is 11.6 Å². The number of aromatic nitrogens is 3. The van der Waals surface area contributed by atoms with Gasteiger partial charge in [0.1, 0.15) is 10.8 Å². The summed E-state index contributed by atoms with van der Waals surface area (Å²) in [6, 6.07) is 14.1. The van der Waals surface area contributed by atoms with Gasteiger partial charge in [-0.15, -0.1) is 0 Å². The monoisotopic (exact) mass is 836 g/mol. The number of aldehydes is 1. The number of aryl methyl sites for hydroxylation is 2. The first-order chi connectivity index (χ1) is 26.6. The number of halogens is 11. The Morgan fingerprint density at radius 1 is 0.772 bits per heavy atom. The summed E-state index contributed by atoms with van der Waals surface area (Å²) >= 11 is 6.37. The van der Waals surface area contributed by atoms with Crippen molar-refractivity contribution in [1.82, 2.24) is 19.9 Å². The van der Waals surface area contributed by atoms with E-state index in [-0.39, 0.29) is 11.8 Å². The standard InChI is InChI=1S/C28H26ClFN8O.C4F6O2.C2HF3O/c29-24-17-32-27-34-22-13-18(15-31-16-22)1-2-19-14-21(33-26(24)36-27)5-8-25(19)35-28(39)38-11-9-37(10-12-38)23-6-3-20(30)4-7-23;5-3(6,7)1(11)2(12)4(8,9)10;3-2(4,5)1-6/h3-8,13-17H,1-2,9-12H2,(H,35,39)(H2,32,33,34,36);;1H. The van der Waals surface area contributed by atoms with Crippen molar-refractivity contribution in [3.05, 3.63) is 89.1 Å². The Morgan fingerprint density at radius 3 is 1.96 bits per heavy atom. The number of rotatable bonds is 3. The molecule has 2 aromatic heterocycles. The number of urea groups is 1. The minimum Gasteiger partial charge on any atom is -0.368 e. The number of amides is 2. The minimum absolute atomic E-state index is 0.148. The molecule has 0 radical (unpaired) electrons. The van der Waals surface area contributed by atoms with Gasteiger partial charge in [0.15, 0.2) is 5.82 Å². The lowest BCUT2D eigenvalue weighted by atomic mass is 10.0. The molecule has 2 amide bonds. The van der Waals surface area contributed by atoms with Crippen LogP contribution in [0.1, 0.15) is 11.1 Å². The Labute approximate surface area is 320 Å². The summed E-state index contributed by atoms with van der Waals surface area (Å²) in [6.07, 6.45) is -10.7. The topological polar surface area (TPSA) is 150 Å². The normalized spacial score (nSPS) is 13.9. The third-order valence-corrected chi connectivity index (χ3v) is 7.98. The van der Waals surface area contributed by atoms with E-state index in [0.717, 1.165) is 40.3 Å². The summed E-state index contributed by atoms with van der Waals surface area (Å²) in [5, 5.41) is 9.96. The fourth-order valence-corrected chi connectivity index (χ4v) is 5.16. The van der Waals surface area contributed by atoms with Crippen LogP contribution in [0.5, 0.6) is 0 Å². The molecule has 0 spiro atoms. The lowest BCUT2D eigenvalue weighted by Crippen LogP contribution is -2.50. The summed E-state index contributed by atoms with van der Waals surface area (Å²) in [5.74, 6) is -6.19. The maximum absolute atomic E-state index is 13.3. The van der Waals surface area contributed by atoms with E-state index in [0.29, 0.717) is 49.4 Å². The Morgan fingerprint density at radius 2 is 1.39 bits per heavy atom. The highest BCUT2D eigenvalue weighted by Crippen LogP contribution is 2.30. The van der Waals surface area contributed by atoms with E-state index in [1.807, 2.05) is 30.5 Å². The van der Waals surface area contributed by atoms with Crippen LogP contribution in [0.3, 0.4) is 0 Å². The molecule has 0 aliphatic carbocycles. The Bertz CT molecular complexity index is 2050. The molecule has 6 bridgehead atoms. The summed E-state index contributed by atoms with van der Waals surface area (Å²) in [7, 11) is 0. The number of anilines is 6. The first-order valence-electron chi connectivity index (χ1n) is 16.1. The van der Waals surface area contributed by atoms with Crippen molar-refractivity contribution >= 4 is 70.0 Å². The van der Waals surface area contributed by atoms with Gasteiger partial charge >= 0.3 is 36.1 Å². The van der Waals surface area contributed by atoms with Crippen molar-refractivity contribution < 1.29 is 63.1 Å². The van der Waals surface area contributed by atoms with E-state index in [1.54, 1.807) is 29.4 Å². The van der Waals surface area contributed by atoms with Crippen LogP contribution in [0.15, 0.2) is 67.1 Å². The largest absolute Gasteiger partial charge is 0.458 e. The number of benzene rings is 2. The average molecular weight is 837 g/mol. The Balaban J connectivity index is 0.000000334. The fourth-order valence-electron chi connectivity index (χ4n) is 5.02. The molecule has 57 heavy (non-hydrogen) atoms. The van der Waals surface area contributed by atoms with Gasteiger partial charge in [-0.05, 0) is 72.5 Å². The zero-order valence-electron chi connectivity index (χ0n) is 28.7. The third-order valence-electron chi connectivity index (χ3n) is 7.70.